The van der Waals surface area contributed by atoms with E-state index in [1.807, 2.05) is 0 Å². The van der Waals surface area contributed by atoms with Crippen LogP contribution in [0.3, 0.4) is 0 Å². The van der Waals surface area contributed by atoms with E-state index in [-0.39, 0.29) is 17.5 Å². The molecule has 0 aliphatic carbocycles. The Hall–Kier alpha value is -0.940. The molecule has 1 heterocycles. The summed E-state index contributed by atoms with van der Waals surface area (Å²) < 4.78 is 14.1. The highest BCUT2D eigenvalue weighted by Gasteiger charge is 2.22. The molecule has 0 bridgehead atoms. The summed E-state index contributed by atoms with van der Waals surface area (Å²) in [7, 11) is 0. The average Bonchev–Trinajstić information content (AvgIpc) is 2.35. The zero-order chi connectivity index (χ0) is 12.3. The van der Waals surface area contributed by atoms with Crippen LogP contribution in [0.4, 0.5) is 10.1 Å². The van der Waals surface area contributed by atoms with Crippen molar-refractivity contribution in [3.05, 3.63) is 28.5 Å². The molecule has 1 aliphatic rings. The number of rotatable bonds is 2. The summed E-state index contributed by atoms with van der Waals surface area (Å²) in [4.78, 5) is 11.9. The number of benzene rings is 1. The first-order valence-electron chi connectivity index (χ1n) is 5.64. The quantitative estimate of drug-likeness (QED) is 0.881. The summed E-state index contributed by atoms with van der Waals surface area (Å²) in [6, 6.07) is 4.64. The Morgan fingerprint density at radius 3 is 2.76 bits per heavy atom. The Morgan fingerprint density at radius 1 is 1.41 bits per heavy atom. The fourth-order valence-electron chi connectivity index (χ4n) is 1.93. The Morgan fingerprint density at radius 2 is 2.12 bits per heavy atom. The first-order chi connectivity index (χ1) is 8.18. The number of halogens is 2. The van der Waals surface area contributed by atoms with Gasteiger partial charge in [-0.3, -0.25) is 4.79 Å². The van der Waals surface area contributed by atoms with Crippen molar-refractivity contribution in [1.29, 1.82) is 0 Å². The van der Waals surface area contributed by atoms with Gasteiger partial charge in [-0.25, -0.2) is 4.39 Å². The minimum atomic E-state index is -0.415. The van der Waals surface area contributed by atoms with Crippen LogP contribution in [-0.2, 0) is 4.79 Å². The van der Waals surface area contributed by atoms with E-state index < -0.39 is 5.82 Å². The maximum absolute atomic E-state index is 13.5. The molecule has 1 saturated heterocycles. The molecule has 3 nitrogen and oxygen atoms in total. The number of hydrogen-bond acceptors (Lipinski definition) is 2. The van der Waals surface area contributed by atoms with Crippen molar-refractivity contribution >= 4 is 27.5 Å². The Balaban J connectivity index is 2.07. The first-order valence-corrected chi connectivity index (χ1v) is 6.43. The monoisotopic (exact) mass is 300 g/mol. The number of piperidine rings is 1. The van der Waals surface area contributed by atoms with Crippen LogP contribution in [-0.4, -0.2) is 19.0 Å². The molecule has 0 saturated carbocycles. The van der Waals surface area contributed by atoms with Crippen LogP contribution in [0.25, 0.3) is 0 Å². The van der Waals surface area contributed by atoms with Gasteiger partial charge < -0.3 is 10.6 Å². The van der Waals surface area contributed by atoms with Gasteiger partial charge in [0, 0.05) is 10.4 Å². The van der Waals surface area contributed by atoms with Gasteiger partial charge in [0.25, 0.3) is 0 Å². The van der Waals surface area contributed by atoms with Gasteiger partial charge >= 0.3 is 0 Å². The van der Waals surface area contributed by atoms with Gasteiger partial charge in [-0.05, 0) is 54.0 Å². The van der Waals surface area contributed by atoms with Crippen LogP contribution < -0.4 is 10.6 Å². The number of nitrogens with one attached hydrogen (secondary N) is 2. The first kappa shape index (κ1) is 12.5. The summed E-state index contributed by atoms with van der Waals surface area (Å²) in [5.74, 6) is -0.540. The van der Waals surface area contributed by atoms with Crippen LogP contribution in [0.15, 0.2) is 22.7 Å². The lowest BCUT2D eigenvalue weighted by Gasteiger charge is -2.22. The number of anilines is 1. The molecule has 1 aliphatic heterocycles. The standard InChI is InChI=1S/C12H14BrFN2O/c13-9-2-1-3-10(14)11(9)16-12(17)8-4-6-15-7-5-8/h1-3,8,15H,4-7H2,(H,16,17). The van der Waals surface area contributed by atoms with Crippen molar-refractivity contribution in [2.45, 2.75) is 12.8 Å². The highest BCUT2D eigenvalue weighted by molar-refractivity contribution is 9.10. The molecule has 1 aromatic rings. The Labute approximate surface area is 108 Å². The minimum absolute atomic E-state index is 0.0252. The van der Waals surface area contributed by atoms with Gasteiger partial charge in [0.2, 0.25) is 5.91 Å². The summed E-state index contributed by atoms with van der Waals surface area (Å²) in [5.41, 5.74) is 0.232. The molecule has 0 unspecified atom stereocenters. The van der Waals surface area contributed by atoms with Crippen molar-refractivity contribution in [3.63, 3.8) is 0 Å². The topological polar surface area (TPSA) is 41.1 Å². The van der Waals surface area contributed by atoms with Gasteiger partial charge in [-0.2, -0.15) is 0 Å². The van der Waals surface area contributed by atoms with E-state index in [9.17, 15) is 9.18 Å². The molecule has 0 radical (unpaired) electrons. The highest BCUT2D eigenvalue weighted by Crippen LogP contribution is 2.26. The van der Waals surface area contributed by atoms with Gasteiger partial charge in [0.15, 0.2) is 0 Å². The Kier molecular flexibility index (Phi) is 4.12. The zero-order valence-corrected chi connectivity index (χ0v) is 10.9. The van der Waals surface area contributed by atoms with Crippen molar-refractivity contribution in [2.75, 3.05) is 18.4 Å². The molecule has 0 spiro atoms. The number of carbonyl (C=O) groups is 1. The molecule has 1 fully saturated rings. The molecule has 5 heteroatoms. The average molecular weight is 301 g/mol. The molecule has 0 aromatic heterocycles. The van der Waals surface area contributed by atoms with Crippen LogP contribution in [0, 0.1) is 11.7 Å². The molecular formula is C12H14BrFN2O. The highest BCUT2D eigenvalue weighted by atomic mass is 79.9. The SMILES string of the molecule is O=C(Nc1c(F)cccc1Br)C1CCNCC1. The summed E-state index contributed by atoms with van der Waals surface area (Å²) >= 11 is 3.23. The number of carbonyl (C=O) groups excluding carboxylic acids is 1. The van der Waals surface area contributed by atoms with Gasteiger partial charge in [-0.1, -0.05) is 6.07 Å². The van der Waals surface area contributed by atoms with E-state index in [2.05, 4.69) is 26.6 Å². The lowest BCUT2D eigenvalue weighted by molar-refractivity contribution is -0.120. The third kappa shape index (κ3) is 3.04. The maximum atomic E-state index is 13.5. The normalized spacial score (nSPS) is 16.8. The summed E-state index contributed by atoms with van der Waals surface area (Å²) in [6.07, 6.45) is 1.61. The second-order valence-corrected chi connectivity index (χ2v) is 4.96. The van der Waals surface area contributed by atoms with Crippen LogP contribution in [0.5, 0.6) is 0 Å². The molecule has 17 heavy (non-hydrogen) atoms. The van der Waals surface area contributed by atoms with Crippen molar-refractivity contribution in [1.82, 2.24) is 5.32 Å². The fourth-order valence-corrected chi connectivity index (χ4v) is 2.37. The second kappa shape index (κ2) is 5.60. The number of hydrogen-bond donors (Lipinski definition) is 2. The van der Waals surface area contributed by atoms with E-state index in [4.69, 9.17) is 0 Å². The Bertz CT molecular complexity index is 399. The lowest BCUT2D eigenvalue weighted by atomic mass is 9.97. The molecule has 1 amide bonds. The van der Waals surface area contributed by atoms with E-state index in [1.54, 1.807) is 12.1 Å². The predicted molar refractivity (Wildman–Crippen MR) is 68.3 cm³/mol. The number of amides is 1. The van der Waals surface area contributed by atoms with Crippen molar-refractivity contribution in [3.8, 4) is 0 Å². The summed E-state index contributed by atoms with van der Waals surface area (Å²) in [6.45, 7) is 1.69. The van der Waals surface area contributed by atoms with Crippen molar-refractivity contribution < 1.29 is 9.18 Å². The third-order valence-corrected chi connectivity index (χ3v) is 3.58. The molecule has 2 N–H and O–H groups in total. The van der Waals surface area contributed by atoms with Crippen LogP contribution in [0.1, 0.15) is 12.8 Å². The number of para-hydroxylation sites is 1. The molecular weight excluding hydrogens is 287 g/mol. The second-order valence-electron chi connectivity index (χ2n) is 4.11. The third-order valence-electron chi connectivity index (χ3n) is 2.92. The van der Waals surface area contributed by atoms with Crippen LogP contribution in [0.2, 0.25) is 0 Å². The van der Waals surface area contributed by atoms with Gasteiger partial charge in [0.1, 0.15) is 5.82 Å². The van der Waals surface area contributed by atoms with E-state index in [1.165, 1.54) is 6.07 Å². The van der Waals surface area contributed by atoms with E-state index in [0.717, 1.165) is 25.9 Å². The van der Waals surface area contributed by atoms with E-state index >= 15 is 0 Å². The van der Waals surface area contributed by atoms with Crippen LogP contribution >= 0.6 is 15.9 Å². The van der Waals surface area contributed by atoms with Gasteiger partial charge in [-0.15, -0.1) is 0 Å². The minimum Gasteiger partial charge on any atom is -0.322 e. The predicted octanol–water partition coefficient (Wildman–Crippen LogP) is 2.53. The van der Waals surface area contributed by atoms with E-state index in [0.29, 0.717) is 4.47 Å². The zero-order valence-electron chi connectivity index (χ0n) is 9.30. The molecule has 92 valence electrons. The smallest absolute Gasteiger partial charge is 0.227 e. The van der Waals surface area contributed by atoms with Gasteiger partial charge in [0.05, 0.1) is 5.69 Å². The molecule has 2 rings (SSSR count). The summed E-state index contributed by atoms with van der Waals surface area (Å²) in [5, 5.41) is 5.85. The molecule has 0 atom stereocenters. The lowest BCUT2D eigenvalue weighted by Crippen LogP contribution is -2.34. The largest absolute Gasteiger partial charge is 0.322 e. The fraction of sp³-hybridized carbons (Fsp3) is 0.417. The maximum Gasteiger partial charge on any atom is 0.227 e. The molecule has 1 aromatic carbocycles. The van der Waals surface area contributed by atoms with Crippen molar-refractivity contribution in [2.24, 2.45) is 5.92 Å².